The van der Waals surface area contributed by atoms with Crippen LogP contribution in [0.2, 0.25) is 0 Å². The molecule has 1 aliphatic carbocycles. The quantitative estimate of drug-likeness (QED) is 0.680. The van der Waals surface area contributed by atoms with E-state index in [1.54, 1.807) is 0 Å². The van der Waals surface area contributed by atoms with Crippen LogP contribution in [0.25, 0.3) is 0 Å². The predicted octanol–water partition coefficient (Wildman–Crippen LogP) is 1.86. The van der Waals surface area contributed by atoms with E-state index in [-0.39, 0.29) is 16.9 Å². The highest BCUT2D eigenvalue weighted by Crippen LogP contribution is 2.55. The van der Waals surface area contributed by atoms with Gasteiger partial charge in [-0.25, -0.2) is 0 Å². The minimum atomic E-state index is 0.0677. The van der Waals surface area contributed by atoms with Crippen molar-refractivity contribution in [2.24, 2.45) is 11.3 Å². The Bertz CT molecular complexity index is 309. The van der Waals surface area contributed by atoms with Gasteiger partial charge in [-0.1, -0.05) is 26.2 Å². The van der Waals surface area contributed by atoms with Crippen LogP contribution in [-0.2, 0) is 9.53 Å². The van der Waals surface area contributed by atoms with Crippen LogP contribution in [0.3, 0.4) is 0 Å². The first-order chi connectivity index (χ1) is 7.69. The molecule has 2 unspecified atom stereocenters. The fourth-order valence-corrected chi connectivity index (χ4v) is 4.22. The van der Waals surface area contributed by atoms with Crippen LogP contribution in [0, 0.1) is 11.3 Å². The molecule has 0 aromatic heterocycles. The van der Waals surface area contributed by atoms with E-state index in [4.69, 9.17) is 4.74 Å². The van der Waals surface area contributed by atoms with Crippen LogP contribution in [0.1, 0.15) is 45.4 Å². The summed E-state index contributed by atoms with van der Waals surface area (Å²) in [6.45, 7) is 3.87. The smallest absolute Gasteiger partial charge is 0.221 e. The molecule has 1 N–H and O–H groups in total. The topological polar surface area (TPSA) is 38.3 Å². The Balaban J connectivity index is 1.98. The van der Waals surface area contributed by atoms with Crippen LogP contribution >= 0.6 is 0 Å². The number of carbonyl (C=O) groups is 1. The second-order valence-corrected chi connectivity index (χ2v) is 5.94. The molecule has 0 radical (unpaired) electrons. The van der Waals surface area contributed by atoms with Crippen molar-refractivity contribution >= 4 is 5.91 Å². The van der Waals surface area contributed by atoms with E-state index >= 15 is 0 Å². The van der Waals surface area contributed by atoms with Crippen molar-refractivity contribution in [3.05, 3.63) is 0 Å². The molecule has 1 amide bonds. The van der Waals surface area contributed by atoms with E-state index < -0.39 is 0 Å². The Morgan fingerprint density at radius 3 is 2.69 bits per heavy atom. The maximum absolute atomic E-state index is 11.9. The lowest BCUT2D eigenvalue weighted by Crippen LogP contribution is -2.56. The van der Waals surface area contributed by atoms with Gasteiger partial charge in [0.15, 0.2) is 0 Å². The summed E-state index contributed by atoms with van der Waals surface area (Å²) in [5.41, 5.74) is 0.169. The third kappa shape index (κ3) is 1.21. The Morgan fingerprint density at radius 1 is 1.31 bits per heavy atom. The van der Waals surface area contributed by atoms with Crippen LogP contribution < -0.4 is 5.32 Å². The van der Waals surface area contributed by atoms with E-state index in [2.05, 4.69) is 12.2 Å². The van der Waals surface area contributed by atoms with Crippen molar-refractivity contribution in [3.63, 3.8) is 0 Å². The zero-order chi connectivity index (χ0) is 11.2. The number of rotatable bonds is 0. The molecule has 2 heterocycles. The zero-order valence-corrected chi connectivity index (χ0v) is 10.1. The van der Waals surface area contributed by atoms with Gasteiger partial charge < -0.3 is 10.1 Å². The van der Waals surface area contributed by atoms with Gasteiger partial charge in [0, 0.05) is 24.0 Å². The minimum absolute atomic E-state index is 0.0677. The molecule has 3 aliphatic rings. The first kappa shape index (κ1) is 10.6. The molecule has 3 rings (SSSR count). The molecule has 1 saturated carbocycles. The fourth-order valence-electron chi connectivity index (χ4n) is 4.22. The van der Waals surface area contributed by atoms with Gasteiger partial charge in [0.05, 0.1) is 6.61 Å². The maximum atomic E-state index is 11.9. The highest BCUT2D eigenvalue weighted by Gasteiger charge is 2.62. The first-order valence-corrected chi connectivity index (χ1v) is 6.57. The van der Waals surface area contributed by atoms with Crippen molar-refractivity contribution in [2.45, 2.75) is 51.0 Å². The summed E-state index contributed by atoms with van der Waals surface area (Å²) in [4.78, 5) is 11.9. The number of hydrogen-bond donors (Lipinski definition) is 1. The van der Waals surface area contributed by atoms with Crippen LogP contribution in [0.4, 0.5) is 0 Å². The average molecular weight is 223 g/mol. The molecule has 2 atom stereocenters. The maximum Gasteiger partial charge on any atom is 0.221 e. The zero-order valence-electron chi connectivity index (χ0n) is 10.1. The molecular formula is C13H21NO2. The van der Waals surface area contributed by atoms with Crippen molar-refractivity contribution in [1.82, 2.24) is 5.32 Å². The van der Waals surface area contributed by atoms with E-state index in [1.165, 1.54) is 19.3 Å². The summed E-state index contributed by atoms with van der Waals surface area (Å²) in [5, 5.41) is 3.31. The predicted molar refractivity (Wildman–Crippen MR) is 61.0 cm³/mol. The normalized spacial score (nSPS) is 41.8. The Labute approximate surface area is 96.9 Å². The SMILES string of the molecule is CC1COCC12CC(=O)NC21CCCCC1. The van der Waals surface area contributed by atoms with Gasteiger partial charge >= 0.3 is 0 Å². The Hall–Kier alpha value is -0.570. The number of carbonyl (C=O) groups excluding carboxylic acids is 1. The summed E-state index contributed by atoms with van der Waals surface area (Å²) in [5.74, 6) is 0.767. The van der Waals surface area contributed by atoms with Crippen LogP contribution in [0.15, 0.2) is 0 Å². The molecule has 0 bridgehead atoms. The lowest BCUT2D eigenvalue weighted by atomic mass is 9.59. The van der Waals surface area contributed by atoms with Gasteiger partial charge in [-0.05, 0) is 18.8 Å². The molecule has 3 nitrogen and oxygen atoms in total. The largest absolute Gasteiger partial charge is 0.380 e. The van der Waals surface area contributed by atoms with E-state index in [0.717, 1.165) is 26.1 Å². The van der Waals surface area contributed by atoms with Gasteiger partial charge in [-0.3, -0.25) is 4.79 Å². The van der Waals surface area contributed by atoms with Crippen LogP contribution in [-0.4, -0.2) is 24.7 Å². The van der Waals surface area contributed by atoms with Gasteiger partial charge in [-0.15, -0.1) is 0 Å². The minimum Gasteiger partial charge on any atom is -0.380 e. The summed E-state index contributed by atoms with van der Waals surface area (Å²) in [7, 11) is 0. The molecule has 0 aromatic rings. The number of fused-ring (bicyclic) bond motifs is 1. The monoisotopic (exact) mass is 223 g/mol. The molecule has 0 aromatic carbocycles. The molecule has 2 spiro atoms. The van der Waals surface area contributed by atoms with Crippen molar-refractivity contribution in [3.8, 4) is 0 Å². The summed E-state index contributed by atoms with van der Waals surface area (Å²) in [6.07, 6.45) is 6.85. The van der Waals surface area contributed by atoms with E-state index in [0.29, 0.717) is 12.3 Å². The second kappa shape index (κ2) is 3.46. The van der Waals surface area contributed by atoms with E-state index in [9.17, 15) is 4.79 Å². The van der Waals surface area contributed by atoms with Gasteiger partial charge in [-0.2, -0.15) is 0 Å². The lowest BCUT2D eigenvalue weighted by Gasteiger charge is -2.47. The van der Waals surface area contributed by atoms with Gasteiger partial charge in [0.2, 0.25) is 5.91 Å². The van der Waals surface area contributed by atoms with Gasteiger partial charge in [0.25, 0.3) is 0 Å². The number of ether oxygens (including phenoxy) is 1. The standard InChI is InChI=1S/C13H21NO2/c1-10-8-16-9-12(10)7-11(15)14-13(12)5-3-2-4-6-13/h10H,2-9H2,1H3,(H,14,15). The number of hydrogen-bond acceptors (Lipinski definition) is 2. The fraction of sp³-hybridized carbons (Fsp3) is 0.923. The van der Waals surface area contributed by atoms with Gasteiger partial charge in [0.1, 0.15) is 0 Å². The molecule has 3 heteroatoms. The Morgan fingerprint density at radius 2 is 2.06 bits per heavy atom. The number of nitrogens with one attached hydrogen (secondary N) is 1. The summed E-state index contributed by atoms with van der Waals surface area (Å²) in [6, 6.07) is 0. The van der Waals surface area contributed by atoms with Crippen molar-refractivity contribution < 1.29 is 9.53 Å². The average Bonchev–Trinajstić information content (AvgIpc) is 2.74. The summed E-state index contributed by atoms with van der Waals surface area (Å²) < 4.78 is 5.68. The van der Waals surface area contributed by atoms with Crippen molar-refractivity contribution in [1.29, 1.82) is 0 Å². The van der Waals surface area contributed by atoms with Crippen molar-refractivity contribution in [2.75, 3.05) is 13.2 Å². The highest BCUT2D eigenvalue weighted by molar-refractivity contribution is 5.81. The summed E-state index contributed by atoms with van der Waals surface area (Å²) >= 11 is 0. The number of amides is 1. The molecule has 3 fully saturated rings. The van der Waals surface area contributed by atoms with E-state index in [1.807, 2.05) is 0 Å². The molecule has 90 valence electrons. The third-order valence-corrected chi connectivity index (χ3v) is 5.19. The molecular weight excluding hydrogens is 202 g/mol. The molecule has 2 saturated heterocycles. The second-order valence-electron chi connectivity index (χ2n) is 5.94. The highest BCUT2D eigenvalue weighted by atomic mass is 16.5. The Kier molecular flexibility index (Phi) is 2.29. The first-order valence-electron chi connectivity index (χ1n) is 6.57. The lowest BCUT2D eigenvalue weighted by molar-refractivity contribution is -0.120. The molecule has 2 aliphatic heterocycles. The molecule has 16 heavy (non-hydrogen) atoms. The third-order valence-electron chi connectivity index (χ3n) is 5.19. The van der Waals surface area contributed by atoms with Crippen LogP contribution in [0.5, 0.6) is 0 Å².